The lowest BCUT2D eigenvalue weighted by Gasteiger charge is -2.07. The van der Waals surface area contributed by atoms with Crippen molar-refractivity contribution in [3.63, 3.8) is 0 Å². The number of hydrogen-bond acceptors (Lipinski definition) is 2. The molecule has 1 N–H and O–H groups in total. The van der Waals surface area contributed by atoms with Crippen LogP contribution in [0.2, 0.25) is 0 Å². The Balaban J connectivity index is 1.62. The maximum atomic E-state index is 12.0. The molecule has 0 aliphatic carbocycles. The Kier molecular flexibility index (Phi) is 4.82. The Morgan fingerprint density at radius 1 is 0.667 bits per heavy atom. The van der Waals surface area contributed by atoms with Gasteiger partial charge in [-0.25, -0.2) is 0 Å². The van der Waals surface area contributed by atoms with Crippen LogP contribution in [0, 0.1) is 0 Å². The fourth-order valence-electron chi connectivity index (χ4n) is 2.45. The van der Waals surface area contributed by atoms with Gasteiger partial charge in [-0.05, 0) is 23.3 Å². The third-order valence-corrected chi connectivity index (χ3v) is 3.69. The van der Waals surface area contributed by atoms with E-state index in [2.05, 4.69) is 5.32 Å². The Morgan fingerprint density at radius 3 is 1.83 bits per heavy atom. The summed E-state index contributed by atoms with van der Waals surface area (Å²) in [6, 6.07) is 26.4. The van der Waals surface area contributed by atoms with Gasteiger partial charge in [0.25, 0.3) is 0 Å². The number of ketones is 1. The van der Waals surface area contributed by atoms with Gasteiger partial charge >= 0.3 is 0 Å². The fourth-order valence-corrected chi connectivity index (χ4v) is 2.45. The van der Waals surface area contributed by atoms with Crippen LogP contribution in [0.5, 0.6) is 0 Å². The van der Waals surface area contributed by atoms with Crippen LogP contribution in [-0.2, 0) is 4.79 Å². The first-order valence-corrected chi connectivity index (χ1v) is 7.76. The van der Waals surface area contributed by atoms with E-state index in [0.29, 0.717) is 11.3 Å². The van der Waals surface area contributed by atoms with Crippen LogP contribution >= 0.6 is 0 Å². The average molecular weight is 315 g/mol. The van der Waals surface area contributed by atoms with Gasteiger partial charge in [0, 0.05) is 11.3 Å². The number of amides is 1. The summed E-state index contributed by atoms with van der Waals surface area (Å²) in [6.45, 7) is 0. The number of hydrogen-bond donors (Lipinski definition) is 1. The van der Waals surface area contributed by atoms with Gasteiger partial charge in [-0.15, -0.1) is 0 Å². The van der Waals surface area contributed by atoms with E-state index in [9.17, 15) is 9.59 Å². The number of nitrogens with one attached hydrogen (secondary N) is 1. The lowest BCUT2D eigenvalue weighted by molar-refractivity contribution is -0.115. The molecule has 0 saturated carbocycles. The Labute approximate surface area is 141 Å². The number of Topliss-reactive ketones (excluding diaryl/α,β-unsaturated/α-hetero) is 1. The van der Waals surface area contributed by atoms with Crippen molar-refractivity contribution in [2.45, 2.75) is 6.42 Å². The molecule has 0 radical (unpaired) electrons. The summed E-state index contributed by atoms with van der Waals surface area (Å²) >= 11 is 0. The number of rotatable bonds is 5. The lowest BCUT2D eigenvalue weighted by atomic mass is 10.1. The highest BCUT2D eigenvalue weighted by molar-refractivity contribution is 6.11. The molecule has 0 aliphatic rings. The van der Waals surface area contributed by atoms with Gasteiger partial charge < -0.3 is 5.32 Å². The lowest BCUT2D eigenvalue weighted by Crippen LogP contribution is -2.16. The zero-order valence-electron chi connectivity index (χ0n) is 13.1. The molecule has 3 nitrogen and oxygen atoms in total. The molecule has 1 amide bonds. The minimum atomic E-state index is -0.309. The fraction of sp³-hybridized carbons (Fsp3) is 0.0476. The van der Waals surface area contributed by atoms with Crippen LogP contribution < -0.4 is 5.32 Å². The molecule has 3 heteroatoms. The van der Waals surface area contributed by atoms with Crippen molar-refractivity contribution < 1.29 is 9.59 Å². The molecule has 0 spiro atoms. The topological polar surface area (TPSA) is 46.2 Å². The zero-order valence-corrected chi connectivity index (χ0v) is 13.1. The van der Waals surface area contributed by atoms with Crippen LogP contribution in [0.25, 0.3) is 11.1 Å². The van der Waals surface area contributed by atoms with Crippen LogP contribution in [0.4, 0.5) is 5.69 Å². The quantitative estimate of drug-likeness (QED) is 0.554. The summed E-state index contributed by atoms with van der Waals surface area (Å²) in [7, 11) is 0. The number of anilines is 1. The van der Waals surface area contributed by atoms with Gasteiger partial charge in [0.2, 0.25) is 5.91 Å². The van der Waals surface area contributed by atoms with Gasteiger partial charge in [0.15, 0.2) is 5.78 Å². The van der Waals surface area contributed by atoms with Crippen LogP contribution in [0.3, 0.4) is 0 Å². The van der Waals surface area contributed by atoms with Crippen molar-refractivity contribution in [3.05, 3.63) is 90.5 Å². The Hall–Kier alpha value is -3.20. The maximum absolute atomic E-state index is 12.0. The number of carbonyl (C=O) groups is 2. The molecule has 0 aromatic heterocycles. The van der Waals surface area contributed by atoms with Crippen molar-refractivity contribution in [3.8, 4) is 11.1 Å². The third kappa shape index (κ3) is 3.96. The normalized spacial score (nSPS) is 10.2. The first kappa shape index (κ1) is 15.7. The number of benzene rings is 3. The smallest absolute Gasteiger partial charge is 0.232 e. The molecule has 3 aromatic rings. The molecule has 0 aliphatic heterocycles. The second kappa shape index (κ2) is 7.38. The highest BCUT2D eigenvalue weighted by Crippen LogP contribution is 2.21. The maximum Gasteiger partial charge on any atom is 0.232 e. The molecule has 24 heavy (non-hydrogen) atoms. The first-order valence-electron chi connectivity index (χ1n) is 7.76. The third-order valence-electron chi connectivity index (χ3n) is 3.69. The monoisotopic (exact) mass is 315 g/mol. The minimum absolute atomic E-state index is 0.162. The molecule has 0 fully saturated rings. The van der Waals surface area contributed by atoms with Crippen molar-refractivity contribution in [2.24, 2.45) is 0 Å². The van der Waals surface area contributed by atoms with Crippen LogP contribution in [0.1, 0.15) is 16.8 Å². The van der Waals surface area contributed by atoms with Gasteiger partial charge in [-0.1, -0.05) is 72.8 Å². The highest BCUT2D eigenvalue weighted by Gasteiger charge is 2.11. The SMILES string of the molecule is O=C(CC(=O)c1ccccc1)Nc1ccc(-c2ccccc2)cc1. The predicted octanol–water partition coefficient (Wildman–Crippen LogP) is 4.57. The molecule has 0 saturated heterocycles. The molecule has 0 unspecified atom stereocenters. The molecule has 0 atom stereocenters. The predicted molar refractivity (Wildman–Crippen MR) is 95.9 cm³/mol. The van der Waals surface area contributed by atoms with Crippen molar-refractivity contribution in [1.29, 1.82) is 0 Å². The summed E-state index contributed by atoms with van der Waals surface area (Å²) < 4.78 is 0. The Bertz CT molecular complexity index is 825. The van der Waals surface area contributed by atoms with Gasteiger partial charge in [0.05, 0.1) is 6.42 Å². The second-order valence-electron chi connectivity index (χ2n) is 5.46. The number of carbonyl (C=O) groups excluding carboxylic acids is 2. The highest BCUT2D eigenvalue weighted by atomic mass is 16.2. The van der Waals surface area contributed by atoms with Crippen LogP contribution in [0.15, 0.2) is 84.9 Å². The zero-order chi connectivity index (χ0) is 16.8. The molecular weight excluding hydrogens is 298 g/mol. The summed E-state index contributed by atoms with van der Waals surface area (Å²) in [4.78, 5) is 24.0. The second-order valence-corrected chi connectivity index (χ2v) is 5.46. The first-order chi connectivity index (χ1) is 11.7. The van der Waals surface area contributed by atoms with E-state index in [4.69, 9.17) is 0 Å². The van der Waals surface area contributed by atoms with E-state index in [1.807, 2.05) is 60.7 Å². The van der Waals surface area contributed by atoms with Gasteiger partial charge in [0.1, 0.15) is 0 Å². The van der Waals surface area contributed by atoms with Gasteiger partial charge in [-0.2, -0.15) is 0 Å². The summed E-state index contributed by atoms with van der Waals surface area (Å²) in [5.74, 6) is -0.495. The van der Waals surface area contributed by atoms with Crippen molar-refractivity contribution >= 4 is 17.4 Å². The standard InChI is InChI=1S/C21H17NO2/c23-20(18-9-5-2-6-10-18)15-21(24)22-19-13-11-17(12-14-19)16-7-3-1-4-8-16/h1-14H,15H2,(H,22,24). The molecule has 3 aromatic carbocycles. The van der Waals surface area contributed by atoms with E-state index in [-0.39, 0.29) is 18.1 Å². The van der Waals surface area contributed by atoms with E-state index >= 15 is 0 Å². The van der Waals surface area contributed by atoms with Crippen molar-refractivity contribution in [1.82, 2.24) is 0 Å². The summed E-state index contributed by atoms with van der Waals surface area (Å²) in [5, 5.41) is 2.76. The largest absolute Gasteiger partial charge is 0.326 e. The van der Waals surface area contributed by atoms with Crippen molar-refractivity contribution in [2.75, 3.05) is 5.32 Å². The average Bonchev–Trinajstić information content (AvgIpc) is 2.64. The Morgan fingerprint density at radius 2 is 1.21 bits per heavy atom. The van der Waals surface area contributed by atoms with E-state index in [1.165, 1.54) is 0 Å². The van der Waals surface area contributed by atoms with Crippen LogP contribution in [-0.4, -0.2) is 11.7 Å². The summed E-state index contributed by atoms with van der Waals surface area (Å²) in [5.41, 5.74) is 3.43. The molecule has 118 valence electrons. The van der Waals surface area contributed by atoms with E-state index in [1.54, 1.807) is 24.3 Å². The minimum Gasteiger partial charge on any atom is -0.326 e. The molecule has 3 rings (SSSR count). The summed E-state index contributed by atoms with van der Waals surface area (Å²) in [6.07, 6.45) is -0.162. The van der Waals surface area contributed by atoms with E-state index < -0.39 is 0 Å². The molecule has 0 heterocycles. The van der Waals surface area contributed by atoms with Gasteiger partial charge in [-0.3, -0.25) is 9.59 Å². The molecular formula is C21H17NO2. The van der Waals surface area contributed by atoms with E-state index in [0.717, 1.165) is 11.1 Å². The molecule has 0 bridgehead atoms.